The lowest BCUT2D eigenvalue weighted by Crippen LogP contribution is -2.42. The number of carbonyl (C=O) groups is 2. The first-order valence-electron chi connectivity index (χ1n) is 8.10. The van der Waals surface area contributed by atoms with Gasteiger partial charge in [-0.3, -0.25) is 9.59 Å². The molecule has 0 aromatic heterocycles. The summed E-state index contributed by atoms with van der Waals surface area (Å²) in [5.41, 5.74) is -0.394. The molecule has 24 heavy (non-hydrogen) atoms. The predicted octanol–water partition coefficient (Wildman–Crippen LogP) is 3.62. The van der Waals surface area contributed by atoms with Gasteiger partial charge in [0.1, 0.15) is 0 Å². The van der Waals surface area contributed by atoms with Crippen LogP contribution in [0.2, 0.25) is 0 Å². The quantitative estimate of drug-likeness (QED) is 0.395. The van der Waals surface area contributed by atoms with Crippen molar-refractivity contribution in [3.05, 3.63) is 42.0 Å². The molecular formula is C20H24O4. The van der Waals surface area contributed by atoms with Gasteiger partial charge in [0.25, 0.3) is 0 Å². The van der Waals surface area contributed by atoms with Crippen molar-refractivity contribution in [2.75, 3.05) is 13.2 Å². The molecule has 1 aromatic carbocycles. The van der Waals surface area contributed by atoms with Gasteiger partial charge in [0.05, 0.1) is 13.2 Å². The summed E-state index contributed by atoms with van der Waals surface area (Å²) in [6.45, 7) is 3.76. The number of rotatable bonds is 9. The van der Waals surface area contributed by atoms with Gasteiger partial charge in [0.2, 0.25) is 0 Å². The molecule has 0 N–H and O–H groups in total. The van der Waals surface area contributed by atoms with Crippen LogP contribution in [0, 0.1) is 17.8 Å². The minimum Gasteiger partial charge on any atom is -0.465 e. The molecule has 128 valence electrons. The van der Waals surface area contributed by atoms with Crippen LogP contribution in [0.1, 0.15) is 38.7 Å². The molecule has 0 heterocycles. The third-order valence-electron chi connectivity index (χ3n) is 3.58. The van der Waals surface area contributed by atoms with Crippen molar-refractivity contribution in [1.82, 2.24) is 0 Å². The summed E-state index contributed by atoms with van der Waals surface area (Å²) < 4.78 is 10.2. The zero-order chi connectivity index (χ0) is 17.8. The molecule has 4 heteroatoms. The Labute approximate surface area is 143 Å². The van der Waals surface area contributed by atoms with Gasteiger partial charge in [0, 0.05) is 6.42 Å². The highest BCUT2D eigenvalue weighted by Gasteiger charge is 2.47. The first-order chi connectivity index (χ1) is 11.6. The molecule has 0 atom stereocenters. The SMILES string of the molecule is C#CCC(CC/C=C/c1ccccc1)(C(=O)OCC)C(=O)OCC. The Kier molecular flexibility index (Phi) is 8.35. The molecular weight excluding hydrogens is 304 g/mol. The van der Waals surface area contributed by atoms with Crippen molar-refractivity contribution in [2.24, 2.45) is 5.41 Å². The summed E-state index contributed by atoms with van der Waals surface area (Å²) in [6.07, 6.45) is 9.97. The molecule has 0 radical (unpaired) electrons. The Morgan fingerprint density at radius 1 is 1.12 bits per heavy atom. The zero-order valence-corrected chi connectivity index (χ0v) is 14.3. The van der Waals surface area contributed by atoms with Crippen molar-refractivity contribution in [1.29, 1.82) is 0 Å². The maximum atomic E-state index is 12.4. The van der Waals surface area contributed by atoms with E-state index in [4.69, 9.17) is 15.9 Å². The van der Waals surface area contributed by atoms with E-state index in [1.807, 2.05) is 42.5 Å². The summed E-state index contributed by atoms with van der Waals surface area (Å²) in [6, 6.07) is 9.78. The van der Waals surface area contributed by atoms with E-state index < -0.39 is 17.4 Å². The van der Waals surface area contributed by atoms with Crippen molar-refractivity contribution in [2.45, 2.75) is 33.1 Å². The molecule has 0 saturated heterocycles. The number of carbonyl (C=O) groups excluding carboxylic acids is 2. The van der Waals surface area contributed by atoms with Crippen LogP contribution in [-0.4, -0.2) is 25.2 Å². The average Bonchev–Trinajstić information content (AvgIpc) is 2.59. The summed E-state index contributed by atoms with van der Waals surface area (Å²) in [4.78, 5) is 24.8. The molecule has 0 fully saturated rings. The molecule has 0 bridgehead atoms. The van der Waals surface area contributed by atoms with Crippen LogP contribution in [0.15, 0.2) is 36.4 Å². The molecule has 0 aliphatic heterocycles. The van der Waals surface area contributed by atoms with E-state index >= 15 is 0 Å². The summed E-state index contributed by atoms with van der Waals surface area (Å²) in [5.74, 6) is 1.19. The number of allylic oxidation sites excluding steroid dienone is 1. The minimum absolute atomic E-state index is 0.0379. The van der Waals surface area contributed by atoms with Gasteiger partial charge < -0.3 is 9.47 Å². The highest BCUT2D eigenvalue weighted by atomic mass is 16.6. The van der Waals surface area contributed by atoms with Crippen molar-refractivity contribution < 1.29 is 19.1 Å². The first-order valence-corrected chi connectivity index (χ1v) is 8.10. The van der Waals surface area contributed by atoms with E-state index in [2.05, 4.69) is 5.92 Å². The lowest BCUT2D eigenvalue weighted by atomic mass is 9.80. The van der Waals surface area contributed by atoms with E-state index in [1.54, 1.807) is 13.8 Å². The van der Waals surface area contributed by atoms with Crippen LogP contribution < -0.4 is 0 Å². The Bertz CT molecular complexity index is 578. The Morgan fingerprint density at radius 3 is 2.21 bits per heavy atom. The highest BCUT2D eigenvalue weighted by molar-refractivity contribution is 6.00. The molecule has 4 nitrogen and oxygen atoms in total. The largest absolute Gasteiger partial charge is 0.465 e. The van der Waals surface area contributed by atoms with Gasteiger partial charge in [0.15, 0.2) is 5.41 Å². The Hall–Kier alpha value is -2.54. The molecule has 0 aliphatic carbocycles. The third-order valence-corrected chi connectivity index (χ3v) is 3.58. The van der Waals surface area contributed by atoms with Gasteiger partial charge in [-0.05, 0) is 32.3 Å². The van der Waals surface area contributed by atoms with Gasteiger partial charge in [-0.15, -0.1) is 12.3 Å². The van der Waals surface area contributed by atoms with E-state index in [9.17, 15) is 9.59 Å². The molecule has 0 amide bonds. The van der Waals surface area contributed by atoms with Crippen molar-refractivity contribution in [3.63, 3.8) is 0 Å². The van der Waals surface area contributed by atoms with Gasteiger partial charge >= 0.3 is 11.9 Å². The predicted molar refractivity (Wildman–Crippen MR) is 93.9 cm³/mol. The molecule has 1 aromatic rings. The monoisotopic (exact) mass is 328 g/mol. The summed E-state index contributed by atoms with van der Waals surface area (Å²) in [5, 5.41) is 0. The van der Waals surface area contributed by atoms with E-state index in [0.29, 0.717) is 6.42 Å². The fraction of sp³-hybridized carbons (Fsp3) is 0.400. The normalized spacial score (nSPS) is 11.0. The second-order valence-corrected chi connectivity index (χ2v) is 5.26. The summed E-state index contributed by atoms with van der Waals surface area (Å²) in [7, 11) is 0. The average molecular weight is 328 g/mol. The lowest BCUT2D eigenvalue weighted by molar-refractivity contribution is -0.172. The molecule has 0 spiro atoms. The molecule has 1 rings (SSSR count). The molecule has 0 unspecified atom stereocenters. The lowest BCUT2D eigenvalue weighted by Gasteiger charge is -2.26. The Morgan fingerprint density at radius 2 is 1.71 bits per heavy atom. The summed E-state index contributed by atoms with van der Waals surface area (Å²) >= 11 is 0. The highest BCUT2D eigenvalue weighted by Crippen LogP contribution is 2.32. The van der Waals surface area contributed by atoms with E-state index in [0.717, 1.165) is 5.56 Å². The topological polar surface area (TPSA) is 52.6 Å². The van der Waals surface area contributed by atoms with Crippen LogP contribution >= 0.6 is 0 Å². The van der Waals surface area contributed by atoms with Gasteiger partial charge in [-0.25, -0.2) is 0 Å². The van der Waals surface area contributed by atoms with Gasteiger partial charge in [-0.2, -0.15) is 0 Å². The maximum absolute atomic E-state index is 12.4. The fourth-order valence-corrected chi connectivity index (χ4v) is 2.35. The third kappa shape index (κ3) is 5.27. The van der Waals surface area contributed by atoms with Crippen LogP contribution in [0.4, 0.5) is 0 Å². The number of ether oxygens (including phenoxy) is 2. The zero-order valence-electron chi connectivity index (χ0n) is 14.3. The standard InChI is InChI=1S/C20H24O4/c1-4-15-20(18(21)23-5-2,19(22)24-6-3)16-11-10-14-17-12-8-7-9-13-17/h1,7-10,12-14H,5-6,11,15-16H2,2-3H3/b14-10+. The second kappa shape index (κ2) is 10.3. The number of hydrogen-bond acceptors (Lipinski definition) is 4. The van der Waals surface area contributed by atoms with Crippen LogP contribution in [0.3, 0.4) is 0 Å². The Balaban J connectivity index is 2.90. The number of terminal acetylenes is 1. The van der Waals surface area contributed by atoms with Crippen molar-refractivity contribution in [3.8, 4) is 12.3 Å². The smallest absolute Gasteiger partial charge is 0.324 e. The maximum Gasteiger partial charge on any atom is 0.324 e. The molecule has 0 saturated carbocycles. The minimum atomic E-state index is -1.44. The number of esters is 2. The second-order valence-electron chi connectivity index (χ2n) is 5.26. The number of hydrogen-bond donors (Lipinski definition) is 0. The van der Waals surface area contributed by atoms with Crippen LogP contribution in [0.25, 0.3) is 6.08 Å². The number of benzene rings is 1. The van der Waals surface area contributed by atoms with Crippen molar-refractivity contribution >= 4 is 18.0 Å². The van der Waals surface area contributed by atoms with Crippen LogP contribution in [-0.2, 0) is 19.1 Å². The van der Waals surface area contributed by atoms with Crippen LogP contribution in [0.5, 0.6) is 0 Å². The molecule has 0 aliphatic rings. The fourth-order valence-electron chi connectivity index (χ4n) is 2.35. The van der Waals surface area contributed by atoms with Gasteiger partial charge in [-0.1, -0.05) is 42.5 Å². The van der Waals surface area contributed by atoms with E-state index in [1.165, 1.54) is 0 Å². The first kappa shape index (κ1) is 19.5. The van der Waals surface area contributed by atoms with E-state index in [-0.39, 0.29) is 26.1 Å².